The molecular formula is C21H26F2N4O4. The van der Waals surface area contributed by atoms with E-state index < -0.39 is 18.4 Å². The fraction of sp³-hybridized carbons (Fsp3) is 0.476. The van der Waals surface area contributed by atoms with Gasteiger partial charge in [0, 0.05) is 17.3 Å². The Morgan fingerprint density at radius 1 is 1.19 bits per heavy atom. The van der Waals surface area contributed by atoms with E-state index in [1.165, 1.54) is 57.4 Å². The summed E-state index contributed by atoms with van der Waals surface area (Å²) in [4.78, 5) is 24.4. The Kier molecular flexibility index (Phi) is 7.80. The predicted octanol–water partition coefficient (Wildman–Crippen LogP) is 3.51. The van der Waals surface area contributed by atoms with E-state index in [1.807, 2.05) is 0 Å². The maximum Gasteiger partial charge on any atom is 0.387 e. The first kappa shape index (κ1) is 22.5. The monoisotopic (exact) mass is 436 g/mol. The van der Waals surface area contributed by atoms with Gasteiger partial charge in [-0.3, -0.25) is 14.7 Å². The fourth-order valence-corrected chi connectivity index (χ4v) is 3.68. The van der Waals surface area contributed by atoms with Crippen molar-refractivity contribution in [3.8, 4) is 11.5 Å². The average Bonchev–Trinajstić information content (AvgIpc) is 3.19. The third-order valence-corrected chi connectivity index (χ3v) is 5.18. The van der Waals surface area contributed by atoms with Gasteiger partial charge in [0.1, 0.15) is 0 Å². The zero-order valence-corrected chi connectivity index (χ0v) is 17.2. The van der Waals surface area contributed by atoms with Gasteiger partial charge in [-0.25, -0.2) is 0 Å². The van der Waals surface area contributed by atoms with Crippen LogP contribution in [0.15, 0.2) is 24.3 Å². The number of halogens is 2. The summed E-state index contributed by atoms with van der Waals surface area (Å²) < 4.78 is 34.1. The van der Waals surface area contributed by atoms with E-state index in [2.05, 4.69) is 25.6 Å². The van der Waals surface area contributed by atoms with Crippen molar-refractivity contribution in [3.05, 3.63) is 35.5 Å². The minimum absolute atomic E-state index is 0.0144. The minimum Gasteiger partial charge on any atom is -0.493 e. The Labute approximate surface area is 178 Å². The van der Waals surface area contributed by atoms with Crippen LogP contribution in [0.4, 0.5) is 14.6 Å². The highest BCUT2D eigenvalue weighted by Gasteiger charge is 2.17. The van der Waals surface area contributed by atoms with Crippen LogP contribution in [0, 0.1) is 5.92 Å². The normalized spacial score (nSPS) is 14.3. The zero-order chi connectivity index (χ0) is 22.2. The number of aromatic amines is 1. The number of carbonyl (C=O) groups excluding carboxylic acids is 2. The summed E-state index contributed by atoms with van der Waals surface area (Å²) >= 11 is 0. The molecule has 3 N–H and O–H groups in total. The van der Waals surface area contributed by atoms with E-state index in [9.17, 15) is 18.4 Å². The summed E-state index contributed by atoms with van der Waals surface area (Å²) in [7, 11) is 1.27. The lowest BCUT2D eigenvalue weighted by Gasteiger charge is -2.20. The Morgan fingerprint density at radius 3 is 2.68 bits per heavy atom. The molecule has 1 aromatic heterocycles. The molecule has 1 saturated carbocycles. The van der Waals surface area contributed by atoms with Gasteiger partial charge in [-0.2, -0.15) is 13.9 Å². The number of benzene rings is 1. The number of alkyl halides is 2. The van der Waals surface area contributed by atoms with Gasteiger partial charge < -0.3 is 20.1 Å². The van der Waals surface area contributed by atoms with Crippen molar-refractivity contribution in [1.82, 2.24) is 15.5 Å². The topological polar surface area (TPSA) is 105 Å². The number of methoxy groups -OCH3 is 1. The fourth-order valence-electron chi connectivity index (χ4n) is 3.68. The number of nitrogens with zero attached hydrogens (tertiary/aromatic N) is 1. The number of ether oxygens (including phenoxy) is 2. The smallest absolute Gasteiger partial charge is 0.387 e. The molecule has 0 radical (unpaired) electrons. The van der Waals surface area contributed by atoms with Crippen molar-refractivity contribution >= 4 is 17.6 Å². The molecule has 31 heavy (non-hydrogen) atoms. The second-order valence-corrected chi connectivity index (χ2v) is 7.46. The van der Waals surface area contributed by atoms with Crippen LogP contribution in [0.3, 0.4) is 0 Å². The first-order chi connectivity index (χ1) is 14.9. The second kappa shape index (κ2) is 10.7. The molecule has 0 spiro atoms. The lowest BCUT2D eigenvalue weighted by molar-refractivity contribution is -0.115. The highest BCUT2D eigenvalue weighted by molar-refractivity contribution is 5.99. The number of carbonyl (C=O) groups is 2. The molecular weight excluding hydrogens is 410 g/mol. The molecule has 0 atom stereocenters. The van der Waals surface area contributed by atoms with E-state index in [0.29, 0.717) is 11.7 Å². The summed E-state index contributed by atoms with van der Waals surface area (Å²) in [6.45, 7) is -3.29. The van der Waals surface area contributed by atoms with Crippen molar-refractivity contribution in [2.45, 2.75) is 45.1 Å². The summed E-state index contributed by atoms with van der Waals surface area (Å²) in [5.41, 5.74) is 1.12. The summed E-state index contributed by atoms with van der Waals surface area (Å²) in [5.74, 6) is -0.147. The maximum atomic E-state index is 12.4. The average molecular weight is 436 g/mol. The SMILES string of the molecule is COc1cc(C(=O)NCC(=O)Nc2cc(CC3CCCCC3)[nH]n2)ccc1OC(F)F. The van der Waals surface area contributed by atoms with E-state index in [1.54, 1.807) is 6.07 Å². The number of hydrogen-bond acceptors (Lipinski definition) is 5. The molecule has 0 unspecified atom stereocenters. The van der Waals surface area contributed by atoms with Crippen LogP contribution in [-0.4, -0.2) is 42.3 Å². The molecule has 0 aliphatic heterocycles. The molecule has 3 rings (SSSR count). The van der Waals surface area contributed by atoms with Gasteiger partial charge in [0.05, 0.1) is 13.7 Å². The molecule has 8 nitrogen and oxygen atoms in total. The summed E-state index contributed by atoms with van der Waals surface area (Å²) in [6.07, 6.45) is 7.16. The molecule has 0 bridgehead atoms. The molecule has 1 fully saturated rings. The van der Waals surface area contributed by atoms with Gasteiger partial charge in [0.25, 0.3) is 5.91 Å². The highest BCUT2D eigenvalue weighted by atomic mass is 19.3. The van der Waals surface area contributed by atoms with Gasteiger partial charge in [-0.05, 0) is 30.5 Å². The third-order valence-electron chi connectivity index (χ3n) is 5.18. The lowest BCUT2D eigenvalue weighted by Crippen LogP contribution is -2.32. The van der Waals surface area contributed by atoms with Crippen LogP contribution < -0.4 is 20.1 Å². The number of anilines is 1. The van der Waals surface area contributed by atoms with Crippen LogP contribution >= 0.6 is 0 Å². The first-order valence-electron chi connectivity index (χ1n) is 10.2. The van der Waals surface area contributed by atoms with Gasteiger partial charge in [-0.15, -0.1) is 0 Å². The van der Waals surface area contributed by atoms with E-state index >= 15 is 0 Å². The van der Waals surface area contributed by atoms with Crippen LogP contribution in [0.1, 0.15) is 48.2 Å². The third kappa shape index (κ3) is 6.66. The number of amides is 2. The highest BCUT2D eigenvalue weighted by Crippen LogP contribution is 2.29. The van der Waals surface area contributed by atoms with Crippen LogP contribution in [0.25, 0.3) is 0 Å². The number of nitrogens with one attached hydrogen (secondary N) is 3. The zero-order valence-electron chi connectivity index (χ0n) is 17.2. The van der Waals surface area contributed by atoms with Crippen LogP contribution in [0.5, 0.6) is 11.5 Å². The number of aromatic nitrogens is 2. The predicted molar refractivity (Wildman–Crippen MR) is 109 cm³/mol. The second-order valence-electron chi connectivity index (χ2n) is 7.46. The number of H-pyrrole nitrogens is 1. The number of rotatable bonds is 9. The van der Waals surface area contributed by atoms with Crippen LogP contribution in [0.2, 0.25) is 0 Å². The van der Waals surface area contributed by atoms with Crippen molar-refractivity contribution in [2.75, 3.05) is 19.0 Å². The molecule has 1 aliphatic rings. The molecule has 10 heteroatoms. The van der Waals surface area contributed by atoms with Crippen molar-refractivity contribution < 1.29 is 27.8 Å². The Bertz CT molecular complexity index is 897. The molecule has 1 aromatic carbocycles. The van der Waals surface area contributed by atoms with Crippen molar-refractivity contribution in [3.63, 3.8) is 0 Å². The molecule has 1 heterocycles. The molecule has 2 aromatic rings. The van der Waals surface area contributed by atoms with E-state index in [-0.39, 0.29) is 23.6 Å². The van der Waals surface area contributed by atoms with Crippen molar-refractivity contribution in [2.24, 2.45) is 5.92 Å². The molecule has 0 saturated heterocycles. The van der Waals surface area contributed by atoms with Crippen molar-refractivity contribution in [1.29, 1.82) is 0 Å². The van der Waals surface area contributed by atoms with E-state index in [4.69, 9.17) is 4.74 Å². The van der Waals surface area contributed by atoms with Gasteiger partial charge >= 0.3 is 6.61 Å². The Hall–Kier alpha value is -3.17. The number of hydrogen-bond donors (Lipinski definition) is 3. The largest absolute Gasteiger partial charge is 0.493 e. The standard InChI is InChI=1S/C21H26F2N4O4/c1-30-17-10-14(7-8-16(17)31-21(22)23)20(29)24-12-19(28)25-18-11-15(26-27-18)9-13-5-3-2-4-6-13/h7-8,10-11,13,21H,2-6,9,12H2,1H3,(H,24,29)(H2,25,26,27,28). The minimum atomic E-state index is -3.01. The summed E-state index contributed by atoms with van der Waals surface area (Å²) in [6, 6.07) is 5.58. The summed E-state index contributed by atoms with van der Waals surface area (Å²) in [5, 5.41) is 12.2. The van der Waals surface area contributed by atoms with Gasteiger partial charge in [0.15, 0.2) is 17.3 Å². The first-order valence-corrected chi connectivity index (χ1v) is 10.2. The Balaban J connectivity index is 1.48. The van der Waals surface area contributed by atoms with Gasteiger partial charge in [-0.1, -0.05) is 32.1 Å². The molecule has 1 aliphatic carbocycles. The maximum absolute atomic E-state index is 12.4. The molecule has 168 valence electrons. The van der Waals surface area contributed by atoms with Gasteiger partial charge in [0.2, 0.25) is 5.91 Å². The van der Waals surface area contributed by atoms with E-state index in [0.717, 1.165) is 12.1 Å². The molecule has 2 amide bonds. The lowest BCUT2D eigenvalue weighted by atomic mass is 9.86. The Morgan fingerprint density at radius 2 is 1.97 bits per heavy atom. The quantitative estimate of drug-likeness (QED) is 0.558. The van der Waals surface area contributed by atoms with Crippen LogP contribution in [-0.2, 0) is 11.2 Å².